The number of aromatic nitrogens is 3. The zero-order valence-electron chi connectivity index (χ0n) is 20.1. The highest BCUT2D eigenvalue weighted by Crippen LogP contribution is 2.37. The zero-order chi connectivity index (χ0) is 23.8. The Kier molecular flexibility index (Phi) is 5.96. The van der Waals surface area contributed by atoms with Crippen molar-refractivity contribution < 1.29 is 13.9 Å². The predicted octanol–water partition coefficient (Wildman–Crippen LogP) is 5.61. The number of nitrogens with zero attached hydrogens (tertiary/aromatic N) is 4. The number of rotatable bonds is 7. The summed E-state index contributed by atoms with van der Waals surface area (Å²) in [7, 11) is 1.67. The number of aryl methyl sites for hydroxylation is 2. The zero-order valence-corrected chi connectivity index (χ0v) is 20.1. The molecule has 0 aliphatic carbocycles. The number of halogens is 1. The average molecular weight is 461 g/mol. The van der Waals surface area contributed by atoms with Crippen molar-refractivity contribution in [1.29, 1.82) is 0 Å². The van der Waals surface area contributed by atoms with Crippen molar-refractivity contribution in [2.24, 2.45) is 0 Å². The highest BCUT2D eigenvalue weighted by Gasteiger charge is 2.28. The van der Waals surface area contributed by atoms with Crippen LogP contribution in [0.2, 0.25) is 0 Å². The lowest BCUT2D eigenvalue weighted by Gasteiger charge is -2.27. The van der Waals surface area contributed by atoms with Gasteiger partial charge in [-0.3, -0.25) is 0 Å². The third-order valence-electron chi connectivity index (χ3n) is 6.40. The molecule has 0 saturated heterocycles. The molecule has 0 saturated carbocycles. The Morgan fingerprint density at radius 2 is 1.97 bits per heavy atom. The number of hydrogen-bond donors (Lipinski definition) is 0. The molecule has 2 aromatic carbocycles. The second-order valence-electron chi connectivity index (χ2n) is 8.74. The number of ether oxygens (including phenoxy) is 2. The van der Waals surface area contributed by atoms with Crippen molar-refractivity contribution in [3.8, 4) is 16.9 Å². The van der Waals surface area contributed by atoms with Gasteiger partial charge in [-0.25, -0.2) is 9.37 Å². The minimum atomic E-state index is -0.201. The van der Waals surface area contributed by atoms with E-state index in [0.717, 1.165) is 63.8 Å². The highest BCUT2D eigenvalue weighted by atomic mass is 19.1. The monoisotopic (exact) mass is 460 g/mol. The molecule has 0 unspecified atom stereocenters. The molecule has 4 aromatic rings. The fourth-order valence-corrected chi connectivity index (χ4v) is 4.78. The maximum atomic E-state index is 14.6. The lowest BCUT2D eigenvalue weighted by Crippen LogP contribution is -2.28. The van der Waals surface area contributed by atoms with Crippen LogP contribution in [0.4, 0.5) is 10.2 Å². The Bertz CT molecular complexity index is 1360. The fourth-order valence-electron chi connectivity index (χ4n) is 4.78. The van der Waals surface area contributed by atoms with E-state index in [1.54, 1.807) is 13.2 Å². The van der Waals surface area contributed by atoms with Gasteiger partial charge in [-0.1, -0.05) is 31.2 Å². The van der Waals surface area contributed by atoms with Crippen LogP contribution in [0.25, 0.3) is 16.8 Å². The summed E-state index contributed by atoms with van der Waals surface area (Å²) < 4.78 is 27.7. The van der Waals surface area contributed by atoms with E-state index >= 15 is 0 Å². The van der Waals surface area contributed by atoms with E-state index < -0.39 is 0 Å². The standard InChI is InChI=1S/C27H29FN4O2/c1-5-12-31(14-19-8-6-7-9-23(19)28)27-22-15-34-16-24(22)29-26-25(18(3)30-32(26)27)21-11-10-20(33-4)13-17(21)2/h6-11,13H,5,12,14-16H2,1-4H3. The Labute approximate surface area is 199 Å². The van der Waals surface area contributed by atoms with E-state index in [1.165, 1.54) is 6.07 Å². The quantitative estimate of drug-likeness (QED) is 0.359. The Balaban J connectivity index is 1.72. The van der Waals surface area contributed by atoms with Crippen LogP contribution in [-0.4, -0.2) is 28.3 Å². The number of hydrogen-bond acceptors (Lipinski definition) is 5. The van der Waals surface area contributed by atoms with Crippen molar-refractivity contribution in [1.82, 2.24) is 14.6 Å². The normalized spacial score (nSPS) is 12.9. The average Bonchev–Trinajstić information content (AvgIpc) is 3.42. The smallest absolute Gasteiger partial charge is 0.165 e. The molecule has 0 amide bonds. The first-order valence-electron chi connectivity index (χ1n) is 11.6. The lowest BCUT2D eigenvalue weighted by atomic mass is 10.0. The molecule has 176 valence electrons. The maximum Gasteiger partial charge on any atom is 0.165 e. The molecule has 7 heteroatoms. The van der Waals surface area contributed by atoms with Crippen molar-refractivity contribution >= 4 is 11.5 Å². The van der Waals surface area contributed by atoms with E-state index in [0.29, 0.717) is 25.3 Å². The van der Waals surface area contributed by atoms with E-state index in [4.69, 9.17) is 19.6 Å². The van der Waals surface area contributed by atoms with Gasteiger partial charge in [0.05, 0.1) is 31.7 Å². The molecule has 1 aliphatic heterocycles. The Hall–Kier alpha value is -3.45. The third-order valence-corrected chi connectivity index (χ3v) is 6.40. The first kappa shape index (κ1) is 22.3. The van der Waals surface area contributed by atoms with Gasteiger partial charge in [-0.15, -0.1) is 0 Å². The minimum absolute atomic E-state index is 0.201. The molecular formula is C27H29FN4O2. The Morgan fingerprint density at radius 1 is 1.15 bits per heavy atom. The summed E-state index contributed by atoms with van der Waals surface area (Å²) in [5.41, 5.74) is 7.45. The molecule has 6 nitrogen and oxygen atoms in total. The first-order valence-corrected chi connectivity index (χ1v) is 11.6. The molecular weight excluding hydrogens is 431 g/mol. The molecule has 0 radical (unpaired) electrons. The van der Waals surface area contributed by atoms with Gasteiger partial charge in [-0.05, 0) is 49.6 Å². The van der Waals surface area contributed by atoms with Crippen LogP contribution in [0.15, 0.2) is 42.5 Å². The first-order chi connectivity index (χ1) is 16.5. The third kappa shape index (κ3) is 3.80. The molecule has 34 heavy (non-hydrogen) atoms. The van der Waals surface area contributed by atoms with Crippen LogP contribution in [0.5, 0.6) is 5.75 Å². The molecule has 0 fully saturated rings. The van der Waals surface area contributed by atoms with Crippen LogP contribution >= 0.6 is 0 Å². The Morgan fingerprint density at radius 3 is 2.71 bits per heavy atom. The summed E-state index contributed by atoms with van der Waals surface area (Å²) in [6.45, 7) is 8.35. The molecule has 0 bridgehead atoms. The number of methoxy groups -OCH3 is 1. The van der Waals surface area contributed by atoms with Crippen molar-refractivity contribution in [3.63, 3.8) is 0 Å². The van der Waals surface area contributed by atoms with Crippen LogP contribution < -0.4 is 9.64 Å². The van der Waals surface area contributed by atoms with Crippen molar-refractivity contribution in [2.75, 3.05) is 18.6 Å². The number of fused-ring (bicyclic) bond motifs is 2. The second-order valence-corrected chi connectivity index (χ2v) is 8.74. The molecule has 2 aromatic heterocycles. The summed E-state index contributed by atoms with van der Waals surface area (Å²) >= 11 is 0. The van der Waals surface area contributed by atoms with Crippen LogP contribution in [0, 0.1) is 19.7 Å². The molecule has 3 heterocycles. The van der Waals surface area contributed by atoms with Gasteiger partial charge in [0.25, 0.3) is 0 Å². The van der Waals surface area contributed by atoms with Gasteiger partial charge in [-0.2, -0.15) is 9.61 Å². The SMILES string of the molecule is CCCN(Cc1ccccc1F)c1c2c(nc3c(-c4ccc(OC)cc4C)c(C)nn13)COC2. The number of anilines is 1. The molecule has 5 rings (SSSR count). The lowest BCUT2D eigenvalue weighted by molar-refractivity contribution is 0.133. The van der Waals surface area contributed by atoms with Crippen molar-refractivity contribution in [2.45, 2.75) is 47.0 Å². The largest absolute Gasteiger partial charge is 0.497 e. The minimum Gasteiger partial charge on any atom is -0.497 e. The summed E-state index contributed by atoms with van der Waals surface area (Å²) in [6.07, 6.45) is 0.915. The molecule has 0 atom stereocenters. The highest BCUT2D eigenvalue weighted by molar-refractivity contribution is 5.83. The summed E-state index contributed by atoms with van der Waals surface area (Å²) in [6, 6.07) is 13.0. The predicted molar refractivity (Wildman–Crippen MR) is 131 cm³/mol. The second kappa shape index (κ2) is 9.06. The van der Waals surface area contributed by atoms with Gasteiger partial charge in [0.2, 0.25) is 0 Å². The van der Waals surface area contributed by atoms with E-state index in [1.807, 2.05) is 35.7 Å². The van der Waals surface area contributed by atoms with Crippen LogP contribution in [0.3, 0.4) is 0 Å². The molecule has 0 N–H and O–H groups in total. The van der Waals surface area contributed by atoms with E-state index in [9.17, 15) is 4.39 Å². The van der Waals surface area contributed by atoms with Gasteiger partial charge in [0.15, 0.2) is 5.65 Å². The van der Waals surface area contributed by atoms with Gasteiger partial charge in [0.1, 0.15) is 17.4 Å². The fraction of sp³-hybridized carbons (Fsp3) is 0.333. The van der Waals surface area contributed by atoms with Gasteiger partial charge in [0, 0.05) is 29.8 Å². The topological polar surface area (TPSA) is 51.9 Å². The van der Waals surface area contributed by atoms with Crippen LogP contribution in [0.1, 0.15) is 41.4 Å². The summed E-state index contributed by atoms with van der Waals surface area (Å²) in [5, 5.41) is 4.95. The summed E-state index contributed by atoms with van der Waals surface area (Å²) in [5.74, 6) is 1.55. The van der Waals surface area contributed by atoms with E-state index in [2.05, 4.69) is 24.8 Å². The van der Waals surface area contributed by atoms with Gasteiger partial charge >= 0.3 is 0 Å². The molecule has 0 spiro atoms. The van der Waals surface area contributed by atoms with Crippen LogP contribution in [-0.2, 0) is 24.5 Å². The molecule has 1 aliphatic rings. The maximum absolute atomic E-state index is 14.6. The van der Waals surface area contributed by atoms with Crippen molar-refractivity contribution in [3.05, 3.63) is 76.4 Å². The van der Waals surface area contributed by atoms with Gasteiger partial charge < -0.3 is 14.4 Å². The number of benzene rings is 2. The van der Waals surface area contributed by atoms with E-state index in [-0.39, 0.29) is 5.82 Å². The summed E-state index contributed by atoms with van der Waals surface area (Å²) in [4.78, 5) is 7.21.